The van der Waals surface area contributed by atoms with Crippen molar-refractivity contribution in [3.05, 3.63) is 58.1 Å². The topological polar surface area (TPSA) is 78.4 Å². The smallest absolute Gasteiger partial charge is 0.280 e. The van der Waals surface area contributed by atoms with Crippen molar-refractivity contribution >= 4 is 5.69 Å². The van der Waals surface area contributed by atoms with Crippen LogP contribution in [0.4, 0.5) is 5.69 Å². The number of ether oxygens (including phenoxy) is 1. The minimum atomic E-state index is -0.410. The molecule has 19 heavy (non-hydrogen) atoms. The third kappa shape index (κ3) is 2.71. The monoisotopic (exact) mass is 258 g/mol. The van der Waals surface area contributed by atoms with Gasteiger partial charge in [0.2, 0.25) is 0 Å². The molecule has 0 unspecified atom stereocenters. The van der Waals surface area contributed by atoms with Crippen molar-refractivity contribution in [2.24, 2.45) is 5.73 Å². The van der Waals surface area contributed by atoms with Crippen molar-refractivity contribution in [2.45, 2.75) is 6.54 Å². The molecule has 5 heteroatoms. The van der Waals surface area contributed by atoms with Gasteiger partial charge in [0.1, 0.15) is 5.75 Å². The Morgan fingerprint density at radius 2 is 2.05 bits per heavy atom. The molecule has 0 fully saturated rings. The summed E-state index contributed by atoms with van der Waals surface area (Å²) in [4.78, 5) is 10.7. The van der Waals surface area contributed by atoms with Gasteiger partial charge in [0.05, 0.1) is 23.7 Å². The zero-order valence-corrected chi connectivity index (χ0v) is 10.5. The summed E-state index contributed by atoms with van der Waals surface area (Å²) in [5.74, 6) is 0.463. The minimum absolute atomic E-state index is 0.0218. The molecule has 0 saturated heterocycles. The largest absolute Gasteiger partial charge is 0.497 e. The Morgan fingerprint density at radius 1 is 1.26 bits per heavy atom. The van der Waals surface area contributed by atoms with Crippen LogP contribution in [-0.4, -0.2) is 12.0 Å². The van der Waals surface area contributed by atoms with E-state index < -0.39 is 4.92 Å². The van der Waals surface area contributed by atoms with E-state index in [0.29, 0.717) is 17.9 Å². The summed E-state index contributed by atoms with van der Waals surface area (Å²) < 4.78 is 5.02. The minimum Gasteiger partial charge on any atom is -0.497 e. The fraction of sp³-hybridized carbons (Fsp3) is 0.143. The Labute approximate surface area is 110 Å². The lowest BCUT2D eigenvalue weighted by atomic mass is 10.0. The van der Waals surface area contributed by atoms with Crippen LogP contribution in [0.3, 0.4) is 0 Å². The van der Waals surface area contributed by atoms with Crippen LogP contribution in [0, 0.1) is 10.1 Å². The van der Waals surface area contributed by atoms with Crippen molar-refractivity contribution in [3.63, 3.8) is 0 Å². The van der Waals surface area contributed by atoms with Gasteiger partial charge in [-0.05, 0) is 29.3 Å². The molecular weight excluding hydrogens is 244 g/mol. The third-order valence-corrected chi connectivity index (χ3v) is 2.88. The molecule has 2 aromatic rings. The molecule has 0 amide bonds. The first-order chi connectivity index (χ1) is 9.15. The van der Waals surface area contributed by atoms with Gasteiger partial charge in [0.25, 0.3) is 5.69 Å². The molecule has 2 aromatic carbocycles. The highest BCUT2D eigenvalue weighted by Crippen LogP contribution is 2.33. The summed E-state index contributed by atoms with van der Waals surface area (Å²) in [6.45, 7) is 0.401. The first-order valence-electron chi connectivity index (χ1n) is 5.77. The number of hydrogen-bond acceptors (Lipinski definition) is 4. The van der Waals surface area contributed by atoms with E-state index in [1.807, 2.05) is 24.3 Å². The van der Waals surface area contributed by atoms with Gasteiger partial charge >= 0.3 is 0 Å². The van der Waals surface area contributed by atoms with E-state index in [1.54, 1.807) is 12.1 Å². The number of hydrogen-bond donors (Lipinski definition) is 1. The lowest BCUT2D eigenvalue weighted by Crippen LogP contribution is -1.97. The molecule has 0 aromatic heterocycles. The number of nitro benzene ring substituents is 1. The van der Waals surface area contributed by atoms with Crippen LogP contribution in [0.25, 0.3) is 11.1 Å². The summed E-state index contributed by atoms with van der Waals surface area (Å²) in [6, 6.07) is 12.2. The number of nitrogens with zero attached hydrogens (tertiary/aromatic N) is 1. The molecule has 0 atom stereocenters. The van der Waals surface area contributed by atoms with E-state index in [2.05, 4.69) is 0 Å². The van der Waals surface area contributed by atoms with Crippen molar-refractivity contribution in [3.8, 4) is 16.9 Å². The summed E-state index contributed by atoms with van der Waals surface area (Å²) in [5.41, 5.74) is 7.87. The van der Waals surface area contributed by atoms with E-state index in [4.69, 9.17) is 10.5 Å². The second-order valence-corrected chi connectivity index (χ2v) is 4.04. The first kappa shape index (κ1) is 13.0. The van der Waals surface area contributed by atoms with Gasteiger partial charge in [-0.15, -0.1) is 0 Å². The molecule has 2 rings (SSSR count). The van der Waals surface area contributed by atoms with Gasteiger partial charge in [0, 0.05) is 6.54 Å². The van der Waals surface area contributed by atoms with Gasteiger partial charge in [-0.3, -0.25) is 10.1 Å². The normalized spacial score (nSPS) is 10.2. The fourth-order valence-corrected chi connectivity index (χ4v) is 1.90. The van der Waals surface area contributed by atoms with Crippen LogP contribution in [0.15, 0.2) is 42.5 Å². The van der Waals surface area contributed by atoms with Gasteiger partial charge in [-0.1, -0.05) is 18.2 Å². The zero-order valence-electron chi connectivity index (χ0n) is 10.5. The SMILES string of the molecule is COc1ccc(-c2cccc(CN)c2)c([N+](=O)[O-])c1. The van der Waals surface area contributed by atoms with Gasteiger partial charge in [-0.25, -0.2) is 0 Å². The van der Waals surface area contributed by atoms with Gasteiger partial charge in [-0.2, -0.15) is 0 Å². The van der Waals surface area contributed by atoms with E-state index in [9.17, 15) is 10.1 Å². The van der Waals surface area contributed by atoms with Crippen LogP contribution in [-0.2, 0) is 6.54 Å². The average Bonchev–Trinajstić information content (AvgIpc) is 2.46. The third-order valence-electron chi connectivity index (χ3n) is 2.88. The maximum atomic E-state index is 11.1. The standard InChI is InChI=1S/C14H14N2O3/c1-19-12-5-6-13(14(8-12)16(17)18)11-4-2-3-10(7-11)9-15/h2-8H,9,15H2,1H3. The predicted octanol–water partition coefficient (Wildman–Crippen LogP) is 2.73. The highest BCUT2D eigenvalue weighted by atomic mass is 16.6. The highest BCUT2D eigenvalue weighted by molar-refractivity contribution is 5.75. The Hall–Kier alpha value is -2.40. The van der Waals surface area contributed by atoms with Crippen molar-refractivity contribution in [1.29, 1.82) is 0 Å². The fourth-order valence-electron chi connectivity index (χ4n) is 1.90. The van der Waals surface area contributed by atoms with Crippen LogP contribution >= 0.6 is 0 Å². The van der Waals surface area contributed by atoms with Crippen LogP contribution in [0.2, 0.25) is 0 Å². The highest BCUT2D eigenvalue weighted by Gasteiger charge is 2.16. The van der Waals surface area contributed by atoms with Crippen molar-refractivity contribution in [2.75, 3.05) is 7.11 Å². The Morgan fingerprint density at radius 3 is 2.68 bits per heavy atom. The number of nitrogens with two attached hydrogens (primary N) is 1. The maximum absolute atomic E-state index is 11.1. The molecule has 0 aliphatic carbocycles. The van der Waals surface area contributed by atoms with Crippen LogP contribution in [0.5, 0.6) is 5.75 Å². The Kier molecular flexibility index (Phi) is 3.77. The molecule has 5 nitrogen and oxygen atoms in total. The molecule has 0 aliphatic rings. The first-order valence-corrected chi connectivity index (χ1v) is 5.77. The second kappa shape index (κ2) is 5.49. The summed E-state index contributed by atoms with van der Waals surface area (Å²) in [7, 11) is 1.48. The molecule has 0 bridgehead atoms. The number of methoxy groups -OCH3 is 1. The number of benzene rings is 2. The summed E-state index contributed by atoms with van der Waals surface area (Å²) >= 11 is 0. The van der Waals surface area contributed by atoms with Gasteiger partial charge < -0.3 is 10.5 Å². The molecule has 2 N–H and O–H groups in total. The van der Waals surface area contributed by atoms with E-state index in [0.717, 1.165) is 11.1 Å². The molecule has 0 radical (unpaired) electrons. The van der Waals surface area contributed by atoms with Crippen LogP contribution in [0.1, 0.15) is 5.56 Å². The zero-order chi connectivity index (χ0) is 13.8. The second-order valence-electron chi connectivity index (χ2n) is 4.04. The molecule has 98 valence electrons. The average molecular weight is 258 g/mol. The number of rotatable bonds is 4. The van der Waals surface area contributed by atoms with E-state index in [-0.39, 0.29) is 5.69 Å². The summed E-state index contributed by atoms with van der Waals surface area (Å²) in [6.07, 6.45) is 0. The molecule has 0 aliphatic heterocycles. The Balaban J connectivity index is 2.57. The molecule has 0 spiro atoms. The van der Waals surface area contributed by atoms with Crippen molar-refractivity contribution < 1.29 is 9.66 Å². The van der Waals surface area contributed by atoms with Gasteiger partial charge in [0.15, 0.2) is 0 Å². The summed E-state index contributed by atoms with van der Waals surface area (Å²) in [5, 5.41) is 11.1. The van der Waals surface area contributed by atoms with E-state index in [1.165, 1.54) is 13.2 Å². The quantitative estimate of drug-likeness (QED) is 0.675. The van der Waals surface area contributed by atoms with Crippen LogP contribution < -0.4 is 10.5 Å². The predicted molar refractivity (Wildman–Crippen MR) is 73.0 cm³/mol. The van der Waals surface area contributed by atoms with Crippen molar-refractivity contribution in [1.82, 2.24) is 0 Å². The maximum Gasteiger partial charge on any atom is 0.280 e. The molecule has 0 heterocycles. The number of nitro groups is 1. The lowest BCUT2D eigenvalue weighted by Gasteiger charge is -2.07. The molecule has 0 saturated carbocycles. The Bertz CT molecular complexity index is 611. The van der Waals surface area contributed by atoms with E-state index >= 15 is 0 Å². The molecular formula is C14H14N2O3. The lowest BCUT2D eigenvalue weighted by molar-refractivity contribution is -0.384.